The molecule has 82 valence electrons. The molecule has 0 aromatic carbocycles. The fourth-order valence-electron chi connectivity index (χ4n) is 1.17. The van der Waals surface area contributed by atoms with Gasteiger partial charge in [-0.05, 0) is 17.9 Å². The molecule has 0 unspecified atom stereocenters. The SMILES string of the molecule is CN(CC(=O)O)C(=O)CCc1cccs1. The number of carbonyl (C=O) groups is 2. The lowest BCUT2D eigenvalue weighted by Gasteiger charge is -2.13. The van der Waals surface area contributed by atoms with Crippen LogP contribution in [0.15, 0.2) is 17.5 Å². The summed E-state index contributed by atoms with van der Waals surface area (Å²) in [6.07, 6.45) is 1.05. The lowest BCUT2D eigenvalue weighted by molar-refractivity contribution is -0.143. The zero-order valence-electron chi connectivity index (χ0n) is 8.47. The Hall–Kier alpha value is -1.36. The molecule has 1 rings (SSSR count). The van der Waals surface area contributed by atoms with Gasteiger partial charge in [0.15, 0.2) is 0 Å². The predicted octanol–water partition coefficient (Wildman–Crippen LogP) is 1.22. The van der Waals surface area contributed by atoms with Gasteiger partial charge in [-0.15, -0.1) is 11.3 Å². The summed E-state index contributed by atoms with van der Waals surface area (Å²) in [5, 5.41) is 10.5. The molecule has 15 heavy (non-hydrogen) atoms. The maximum Gasteiger partial charge on any atom is 0.323 e. The molecule has 0 fully saturated rings. The van der Waals surface area contributed by atoms with Crippen molar-refractivity contribution in [1.29, 1.82) is 0 Å². The highest BCUT2D eigenvalue weighted by atomic mass is 32.1. The van der Waals surface area contributed by atoms with Crippen LogP contribution < -0.4 is 0 Å². The average Bonchev–Trinajstić information content (AvgIpc) is 2.65. The number of thiophene rings is 1. The van der Waals surface area contributed by atoms with Gasteiger partial charge in [-0.2, -0.15) is 0 Å². The minimum atomic E-state index is -0.984. The van der Waals surface area contributed by atoms with Gasteiger partial charge in [-0.25, -0.2) is 0 Å². The largest absolute Gasteiger partial charge is 0.480 e. The lowest BCUT2D eigenvalue weighted by Crippen LogP contribution is -2.31. The van der Waals surface area contributed by atoms with E-state index in [-0.39, 0.29) is 12.5 Å². The molecule has 1 aromatic rings. The second-order valence-electron chi connectivity index (χ2n) is 3.22. The summed E-state index contributed by atoms with van der Waals surface area (Å²) >= 11 is 1.60. The molecule has 4 nitrogen and oxygen atoms in total. The minimum absolute atomic E-state index is 0.134. The van der Waals surface area contributed by atoms with E-state index in [2.05, 4.69) is 0 Å². The van der Waals surface area contributed by atoms with Crippen LogP contribution >= 0.6 is 11.3 Å². The van der Waals surface area contributed by atoms with E-state index in [0.717, 1.165) is 4.88 Å². The van der Waals surface area contributed by atoms with E-state index in [9.17, 15) is 9.59 Å². The smallest absolute Gasteiger partial charge is 0.323 e. The van der Waals surface area contributed by atoms with E-state index in [0.29, 0.717) is 12.8 Å². The predicted molar refractivity (Wildman–Crippen MR) is 57.9 cm³/mol. The van der Waals surface area contributed by atoms with Crippen LogP contribution in [-0.4, -0.2) is 35.5 Å². The van der Waals surface area contributed by atoms with E-state index in [1.54, 1.807) is 11.3 Å². The summed E-state index contributed by atoms with van der Waals surface area (Å²) in [6.45, 7) is -0.233. The fourth-order valence-corrected chi connectivity index (χ4v) is 1.88. The van der Waals surface area contributed by atoms with Crippen LogP contribution in [0.3, 0.4) is 0 Å². The topological polar surface area (TPSA) is 57.6 Å². The summed E-state index contributed by atoms with van der Waals surface area (Å²) in [5.74, 6) is -1.12. The maximum absolute atomic E-state index is 11.4. The first-order chi connectivity index (χ1) is 7.09. The Morgan fingerprint density at radius 3 is 2.80 bits per heavy atom. The van der Waals surface area contributed by atoms with E-state index in [1.807, 2.05) is 17.5 Å². The normalized spacial score (nSPS) is 9.93. The molecule has 5 heteroatoms. The number of likely N-dealkylation sites (N-methyl/N-ethyl adjacent to an activating group) is 1. The summed E-state index contributed by atoms with van der Waals surface area (Å²) in [4.78, 5) is 24.2. The van der Waals surface area contributed by atoms with Gasteiger partial charge in [0.2, 0.25) is 5.91 Å². The maximum atomic E-state index is 11.4. The first-order valence-corrected chi connectivity index (χ1v) is 5.45. The highest BCUT2D eigenvalue weighted by molar-refractivity contribution is 7.09. The molecule has 0 saturated heterocycles. The van der Waals surface area contributed by atoms with Crippen LogP contribution in [0.5, 0.6) is 0 Å². The van der Waals surface area contributed by atoms with Crippen LogP contribution in [-0.2, 0) is 16.0 Å². The number of aliphatic carboxylic acids is 1. The average molecular weight is 227 g/mol. The molecule has 0 aliphatic rings. The van der Waals surface area contributed by atoms with Crippen molar-refractivity contribution in [2.75, 3.05) is 13.6 Å². The van der Waals surface area contributed by atoms with Crippen LogP contribution in [0.1, 0.15) is 11.3 Å². The molecule has 0 atom stereocenters. The number of amides is 1. The minimum Gasteiger partial charge on any atom is -0.480 e. The van der Waals surface area contributed by atoms with Crippen molar-refractivity contribution in [2.45, 2.75) is 12.8 Å². The molecule has 0 saturated carbocycles. The molecule has 1 aromatic heterocycles. The molecule has 0 aliphatic carbocycles. The molecule has 1 heterocycles. The second kappa shape index (κ2) is 5.50. The van der Waals surface area contributed by atoms with Crippen LogP contribution in [0.2, 0.25) is 0 Å². The van der Waals surface area contributed by atoms with Gasteiger partial charge in [-0.1, -0.05) is 6.07 Å². The lowest BCUT2D eigenvalue weighted by atomic mass is 10.2. The van der Waals surface area contributed by atoms with Gasteiger partial charge in [-0.3, -0.25) is 9.59 Å². The van der Waals surface area contributed by atoms with Crippen molar-refractivity contribution in [1.82, 2.24) is 4.90 Å². The summed E-state index contributed by atoms with van der Waals surface area (Å²) in [5.41, 5.74) is 0. The van der Waals surface area contributed by atoms with Crippen molar-refractivity contribution in [2.24, 2.45) is 0 Å². The summed E-state index contributed by atoms with van der Waals surface area (Å²) in [7, 11) is 1.50. The molecule has 1 amide bonds. The number of carbonyl (C=O) groups excluding carboxylic acids is 1. The van der Waals surface area contributed by atoms with Gasteiger partial charge >= 0.3 is 5.97 Å². The third-order valence-electron chi connectivity index (χ3n) is 1.96. The first kappa shape index (κ1) is 11.7. The zero-order chi connectivity index (χ0) is 11.3. The Bertz CT molecular complexity index is 334. The first-order valence-electron chi connectivity index (χ1n) is 4.57. The Labute approximate surface area is 92.1 Å². The van der Waals surface area contributed by atoms with Crippen molar-refractivity contribution in [3.05, 3.63) is 22.4 Å². The molecule has 0 spiro atoms. The monoisotopic (exact) mass is 227 g/mol. The number of aryl methyl sites for hydroxylation is 1. The highest BCUT2D eigenvalue weighted by Crippen LogP contribution is 2.11. The number of hydrogen-bond donors (Lipinski definition) is 1. The molecular formula is C10H13NO3S. The third kappa shape index (κ3) is 4.12. The van der Waals surface area contributed by atoms with Gasteiger partial charge in [0.25, 0.3) is 0 Å². The van der Waals surface area contributed by atoms with Crippen molar-refractivity contribution >= 4 is 23.2 Å². The number of nitrogens with zero attached hydrogens (tertiary/aromatic N) is 1. The third-order valence-corrected chi connectivity index (χ3v) is 2.90. The number of hydrogen-bond acceptors (Lipinski definition) is 3. The summed E-state index contributed by atoms with van der Waals surface area (Å²) < 4.78 is 0. The Kier molecular flexibility index (Phi) is 4.30. The molecule has 0 radical (unpaired) electrons. The standard InChI is InChI=1S/C10H13NO3S/c1-11(7-10(13)14)9(12)5-4-8-3-2-6-15-8/h2-3,6H,4-5,7H2,1H3,(H,13,14). The molecule has 1 N–H and O–H groups in total. The van der Waals surface area contributed by atoms with E-state index >= 15 is 0 Å². The van der Waals surface area contributed by atoms with Crippen molar-refractivity contribution in [3.63, 3.8) is 0 Å². The zero-order valence-corrected chi connectivity index (χ0v) is 9.29. The van der Waals surface area contributed by atoms with E-state index in [4.69, 9.17) is 5.11 Å². The molecule has 0 aliphatic heterocycles. The van der Waals surface area contributed by atoms with Gasteiger partial charge in [0.1, 0.15) is 6.54 Å². The summed E-state index contributed by atoms with van der Waals surface area (Å²) in [6, 6.07) is 3.90. The van der Waals surface area contributed by atoms with Crippen LogP contribution in [0.25, 0.3) is 0 Å². The molecular weight excluding hydrogens is 214 g/mol. The van der Waals surface area contributed by atoms with Gasteiger partial charge < -0.3 is 10.0 Å². The number of rotatable bonds is 5. The molecule has 0 bridgehead atoms. The Morgan fingerprint density at radius 2 is 2.27 bits per heavy atom. The van der Waals surface area contributed by atoms with Gasteiger partial charge in [0.05, 0.1) is 0 Å². The van der Waals surface area contributed by atoms with E-state index in [1.165, 1.54) is 11.9 Å². The number of carboxylic acid groups (broad SMARTS) is 1. The number of carboxylic acids is 1. The van der Waals surface area contributed by atoms with Crippen LogP contribution in [0, 0.1) is 0 Å². The fraction of sp³-hybridized carbons (Fsp3) is 0.400. The van der Waals surface area contributed by atoms with E-state index < -0.39 is 5.97 Å². The van der Waals surface area contributed by atoms with Crippen LogP contribution in [0.4, 0.5) is 0 Å². The van der Waals surface area contributed by atoms with Crippen molar-refractivity contribution in [3.8, 4) is 0 Å². The second-order valence-corrected chi connectivity index (χ2v) is 4.26. The Balaban J connectivity index is 2.32. The highest BCUT2D eigenvalue weighted by Gasteiger charge is 2.11. The van der Waals surface area contributed by atoms with Crippen molar-refractivity contribution < 1.29 is 14.7 Å². The Morgan fingerprint density at radius 1 is 1.53 bits per heavy atom. The van der Waals surface area contributed by atoms with Gasteiger partial charge in [0, 0.05) is 18.3 Å². The quantitative estimate of drug-likeness (QED) is 0.823.